The highest BCUT2D eigenvalue weighted by Crippen LogP contribution is 2.27. The molecule has 8 nitrogen and oxygen atoms in total. The number of nitrogens with zero attached hydrogens (tertiary/aromatic N) is 1. The van der Waals surface area contributed by atoms with Crippen molar-refractivity contribution in [2.45, 2.75) is 31.3 Å². The van der Waals surface area contributed by atoms with E-state index in [0.717, 1.165) is 17.3 Å². The molecule has 0 spiro atoms. The number of ether oxygens (including phenoxy) is 1. The van der Waals surface area contributed by atoms with E-state index < -0.39 is 0 Å². The molecule has 0 saturated heterocycles. The fraction of sp³-hybridized carbons (Fsp3) is 0.276. The highest BCUT2D eigenvalue weighted by molar-refractivity contribution is 6.35. The Morgan fingerprint density at radius 1 is 1.00 bits per heavy atom. The van der Waals surface area contributed by atoms with E-state index >= 15 is 0 Å². The summed E-state index contributed by atoms with van der Waals surface area (Å²) in [5.74, 6) is -0.155. The van der Waals surface area contributed by atoms with Gasteiger partial charge in [0.2, 0.25) is 0 Å². The van der Waals surface area contributed by atoms with Crippen molar-refractivity contribution in [2.75, 3.05) is 13.7 Å². The Morgan fingerprint density at radius 3 is 2.50 bits per heavy atom. The SMILES string of the molecule is COC[C@H]1CC[C@H](NC(=O)c2ccc(-n3ccccc3=O)cc2)[C@H](NC(=O)c2ccc3c(Cl)c[nH]c3c2)C1. The molecule has 38 heavy (non-hydrogen) atoms. The van der Waals surface area contributed by atoms with E-state index in [1.807, 2.05) is 6.07 Å². The number of aromatic amines is 1. The molecule has 3 atom stereocenters. The van der Waals surface area contributed by atoms with Crippen molar-refractivity contribution >= 4 is 34.3 Å². The van der Waals surface area contributed by atoms with Gasteiger partial charge in [0.05, 0.1) is 5.02 Å². The zero-order chi connectivity index (χ0) is 26.6. The Labute approximate surface area is 225 Å². The summed E-state index contributed by atoms with van der Waals surface area (Å²) in [6.45, 7) is 0.598. The maximum absolute atomic E-state index is 13.2. The molecule has 0 radical (unpaired) electrons. The van der Waals surface area contributed by atoms with Crippen molar-refractivity contribution in [1.82, 2.24) is 20.2 Å². The molecule has 0 unspecified atom stereocenters. The number of hydrogen-bond acceptors (Lipinski definition) is 4. The molecule has 2 heterocycles. The van der Waals surface area contributed by atoms with Crippen LogP contribution in [0.15, 0.2) is 77.9 Å². The van der Waals surface area contributed by atoms with Crippen molar-refractivity contribution in [3.63, 3.8) is 0 Å². The number of benzene rings is 2. The lowest BCUT2D eigenvalue weighted by Crippen LogP contribution is -2.55. The molecule has 2 amide bonds. The van der Waals surface area contributed by atoms with E-state index in [4.69, 9.17) is 16.3 Å². The smallest absolute Gasteiger partial charge is 0.255 e. The second kappa shape index (κ2) is 11.2. The monoisotopic (exact) mass is 532 g/mol. The van der Waals surface area contributed by atoms with Crippen molar-refractivity contribution in [2.24, 2.45) is 5.92 Å². The predicted molar refractivity (Wildman–Crippen MR) is 147 cm³/mol. The van der Waals surface area contributed by atoms with Crippen LogP contribution in [-0.2, 0) is 4.74 Å². The number of fused-ring (bicyclic) bond motifs is 1. The third-order valence-corrected chi connectivity index (χ3v) is 7.43. The second-order valence-electron chi connectivity index (χ2n) is 9.65. The number of H-pyrrole nitrogens is 1. The van der Waals surface area contributed by atoms with Crippen molar-refractivity contribution < 1.29 is 14.3 Å². The minimum Gasteiger partial charge on any atom is -0.384 e. The average molecular weight is 533 g/mol. The lowest BCUT2D eigenvalue weighted by molar-refractivity contribution is 0.0780. The van der Waals surface area contributed by atoms with Crippen LogP contribution in [0.3, 0.4) is 0 Å². The molecule has 5 rings (SSSR count). The zero-order valence-electron chi connectivity index (χ0n) is 20.9. The third-order valence-electron chi connectivity index (χ3n) is 7.12. The molecule has 2 aromatic heterocycles. The van der Waals surface area contributed by atoms with Crippen molar-refractivity contribution in [3.05, 3.63) is 99.6 Å². The fourth-order valence-electron chi connectivity index (χ4n) is 5.13. The normalized spacial score (nSPS) is 19.3. The summed E-state index contributed by atoms with van der Waals surface area (Å²) in [6.07, 6.45) is 5.67. The Balaban J connectivity index is 1.30. The maximum atomic E-state index is 13.2. The molecule has 1 aliphatic rings. The molecule has 1 fully saturated rings. The Kier molecular flexibility index (Phi) is 7.62. The maximum Gasteiger partial charge on any atom is 0.255 e. The number of aromatic nitrogens is 2. The van der Waals surface area contributed by atoms with E-state index in [-0.39, 0.29) is 35.4 Å². The van der Waals surface area contributed by atoms with Crippen LogP contribution in [-0.4, -0.2) is 47.2 Å². The van der Waals surface area contributed by atoms with E-state index in [1.54, 1.807) is 68.0 Å². The van der Waals surface area contributed by atoms with Crippen LogP contribution in [0, 0.1) is 5.92 Å². The van der Waals surface area contributed by atoms with Gasteiger partial charge >= 0.3 is 0 Å². The lowest BCUT2D eigenvalue weighted by atomic mass is 9.82. The van der Waals surface area contributed by atoms with Gasteiger partial charge in [0.25, 0.3) is 17.4 Å². The molecular formula is C29H29ClN4O4. The van der Waals surface area contributed by atoms with Gasteiger partial charge in [0, 0.05) is 72.0 Å². The minimum atomic E-state index is -0.259. The Bertz CT molecular complexity index is 1510. The second-order valence-corrected chi connectivity index (χ2v) is 10.1. The predicted octanol–water partition coefficient (Wildman–Crippen LogP) is 4.32. The Hall–Kier alpha value is -3.88. The number of nitrogens with one attached hydrogen (secondary N) is 3. The van der Waals surface area contributed by atoms with Gasteiger partial charge < -0.3 is 20.4 Å². The van der Waals surface area contributed by atoms with Crippen LogP contribution in [0.2, 0.25) is 5.02 Å². The summed E-state index contributed by atoms with van der Waals surface area (Å²) >= 11 is 6.17. The zero-order valence-corrected chi connectivity index (χ0v) is 21.7. The van der Waals surface area contributed by atoms with Crippen LogP contribution in [0.5, 0.6) is 0 Å². The van der Waals surface area contributed by atoms with E-state index in [1.165, 1.54) is 10.6 Å². The number of halogens is 1. The van der Waals surface area contributed by atoms with E-state index in [0.29, 0.717) is 41.3 Å². The Morgan fingerprint density at radius 2 is 1.74 bits per heavy atom. The number of carbonyl (C=O) groups excluding carboxylic acids is 2. The van der Waals surface area contributed by atoms with Gasteiger partial charge in [-0.1, -0.05) is 23.7 Å². The largest absolute Gasteiger partial charge is 0.384 e. The quantitative estimate of drug-likeness (QED) is 0.330. The number of hydrogen-bond donors (Lipinski definition) is 3. The van der Waals surface area contributed by atoms with E-state index in [9.17, 15) is 14.4 Å². The molecular weight excluding hydrogens is 504 g/mol. The fourth-order valence-corrected chi connectivity index (χ4v) is 5.35. The van der Waals surface area contributed by atoms with E-state index in [2.05, 4.69) is 15.6 Å². The van der Waals surface area contributed by atoms with Crippen molar-refractivity contribution in [1.29, 1.82) is 0 Å². The van der Waals surface area contributed by atoms with Gasteiger partial charge in [0.1, 0.15) is 0 Å². The third kappa shape index (κ3) is 5.51. The first kappa shape index (κ1) is 25.8. The van der Waals surface area contributed by atoms with Gasteiger partial charge in [0.15, 0.2) is 0 Å². The van der Waals surface area contributed by atoms with Gasteiger partial charge in [-0.05, 0) is 67.6 Å². The molecule has 196 valence electrons. The molecule has 1 saturated carbocycles. The first-order valence-corrected chi connectivity index (χ1v) is 13.0. The highest BCUT2D eigenvalue weighted by atomic mass is 35.5. The van der Waals surface area contributed by atoms with Gasteiger partial charge in [-0.25, -0.2) is 0 Å². The molecule has 0 aliphatic heterocycles. The summed E-state index contributed by atoms with van der Waals surface area (Å²) in [5, 5.41) is 7.73. The number of methoxy groups -OCH3 is 1. The van der Waals surface area contributed by atoms with Gasteiger partial charge in [-0.3, -0.25) is 19.0 Å². The number of pyridine rings is 1. The molecule has 3 N–H and O–H groups in total. The van der Waals surface area contributed by atoms with Gasteiger partial charge in [-0.2, -0.15) is 0 Å². The first-order chi connectivity index (χ1) is 18.4. The summed E-state index contributed by atoms with van der Waals surface area (Å²) in [6, 6.07) is 16.7. The lowest BCUT2D eigenvalue weighted by Gasteiger charge is -2.37. The van der Waals surface area contributed by atoms with Crippen LogP contribution < -0.4 is 16.2 Å². The molecule has 1 aliphatic carbocycles. The first-order valence-electron chi connectivity index (χ1n) is 12.6. The van der Waals surface area contributed by atoms with Crippen molar-refractivity contribution in [3.8, 4) is 5.69 Å². The summed E-state index contributed by atoms with van der Waals surface area (Å²) in [5.41, 5.74) is 2.32. The summed E-state index contributed by atoms with van der Waals surface area (Å²) in [7, 11) is 1.67. The molecule has 0 bridgehead atoms. The molecule has 4 aromatic rings. The standard InChI is InChI=1S/C29H29ClN4O4/c1-38-17-18-5-12-24(26(14-18)33-29(37)20-8-11-22-23(30)16-31-25(22)15-20)32-28(36)19-6-9-21(10-7-19)34-13-3-2-4-27(34)35/h2-4,6-11,13,15-16,18,24,26,31H,5,12,14,17H2,1H3,(H,32,36)(H,33,37)/t18-,24-,26+/m0/s1. The van der Waals surface area contributed by atoms with Crippen LogP contribution in [0.4, 0.5) is 0 Å². The number of carbonyl (C=O) groups is 2. The molecule has 9 heteroatoms. The van der Waals surface area contributed by atoms with Gasteiger partial charge in [-0.15, -0.1) is 0 Å². The van der Waals surface area contributed by atoms with Crippen LogP contribution in [0.25, 0.3) is 16.6 Å². The van der Waals surface area contributed by atoms with Crippen LogP contribution >= 0.6 is 11.6 Å². The average Bonchev–Trinajstić information content (AvgIpc) is 3.30. The highest BCUT2D eigenvalue weighted by Gasteiger charge is 2.33. The summed E-state index contributed by atoms with van der Waals surface area (Å²) in [4.78, 5) is 41.5. The summed E-state index contributed by atoms with van der Waals surface area (Å²) < 4.78 is 6.89. The minimum absolute atomic E-state index is 0.144. The number of amides is 2. The number of rotatable bonds is 7. The van der Waals surface area contributed by atoms with Crippen LogP contribution in [0.1, 0.15) is 40.0 Å². The molecule has 2 aromatic carbocycles. The topological polar surface area (TPSA) is 105 Å².